The molecule has 0 aliphatic heterocycles. The van der Waals surface area contributed by atoms with E-state index in [4.69, 9.17) is 0 Å². The Labute approximate surface area is 65.9 Å². The van der Waals surface area contributed by atoms with Gasteiger partial charge in [-0.15, -0.1) is 0 Å². The van der Waals surface area contributed by atoms with Gasteiger partial charge in [-0.1, -0.05) is 6.08 Å². The summed E-state index contributed by atoms with van der Waals surface area (Å²) in [5.74, 6) is 0.762. The van der Waals surface area contributed by atoms with Gasteiger partial charge in [0.05, 0.1) is 6.10 Å². The van der Waals surface area contributed by atoms with E-state index in [0.29, 0.717) is 12.3 Å². The summed E-state index contributed by atoms with van der Waals surface area (Å²) in [6, 6.07) is 0. The summed E-state index contributed by atoms with van der Waals surface area (Å²) < 4.78 is 0. The van der Waals surface area contributed by atoms with E-state index in [1.165, 1.54) is 0 Å². The summed E-state index contributed by atoms with van der Waals surface area (Å²) in [5, 5.41) is 9.29. The van der Waals surface area contributed by atoms with Gasteiger partial charge in [-0.3, -0.25) is 4.79 Å². The molecule has 2 rings (SSSR count). The second-order valence-electron chi connectivity index (χ2n) is 3.50. The number of hydrogen-bond acceptors (Lipinski definition) is 2. The molecule has 0 radical (unpaired) electrons. The molecule has 0 amide bonds. The minimum Gasteiger partial charge on any atom is -0.393 e. The van der Waals surface area contributed by atoms with E-state index in [0.717, 1.165) is 12.8 Å². The Balaban J connectivity index is 2.11. The lowest BCUT2D eigenvalue weighted by Gasteiger charge is -2.27. The highest BCUT2D eigenvalue weighted by molar-refractivity contribution is 5.94. The number of ketones is 1. The summed E-state index contributed by atoms with van der Waals surface area (Å²) in [6.45, 7) is 0. The summed E-state index contributed by atoms with van der Waals surface area (Å²) >= 11 is 0. The highest BCUT2D eigenvalue weighted by Gasteiger charge is 2.35. The van der Waals surface area contributed by atoms with Gasteiger partial charge in [-0.2, -0.15) is 0 Å². The van der Waals surface area contributed by atoms with Crippen LogP contribution in [0.25, 0.3) is 0 Å². The van der Waals surface area contributed by atoms with Crippen LogP contribution in [0.3, 0.4) is 0 Å². The van der Waals surface area contributed by atoms with Gasteiger partial charge in [-0.05, 0) is 31.3 Å². The summed E-state index contributed by atoms with van der Waals surface area (Å²) in [5.41, 5.74) is 0. The molecular formula is C9H12O2. The first kappa shape index (κ1) is 7.04. The van der Waals surface area contributed by atoms with Crippen molar-refractivity contribution in [2.24, 2.45) is 11.8 Å². The zero-order chi connectivity index (χ0) is 7.84. The van der Waals surface area contributed by atoms with Crippen LogP contribution in [0, 0.1) is 11.8 Å². The van der Waals surface area contributed by atoms with Crippen LogP contribution >= 0.6 is 0 Å². The van der Waals surface area contributed by atoms with E-state index in [1.807, 2.05) is 6.08 Å². The van der Waals surface area contributed by atoms with Crippen LogP contribution in [0.4, 0.5) is 0 Å². The molecule has 2 aliphatic rings. The zero-order valence-electron chi connectivity index (χ0n) is 6.36. The van der Waals surface area contributed by atoms with Crippen molar-refractivity contribution in [2.75, 3.05) is 0 Å². The second kappa shape index (κ2) is 2.45. The van der Waals surface area contributed by atoms with Crippen LogP contribution in [0.5, 0.6) is 0 Å². The molecule has 3 atom stereocenters. The molecule has 0 spiro atoms. The van der Waals surface area contributed by atoms with Crippen molar-refractivity contribution in [3.05, 3.63) is 12.2 Å². The Morgan fingerprint density at radius 2 is 2.27 bits per heavy atom. The smallest absolute Gasteiger partial charge is 0.159 e. The fourth-order valence-corrected chi connectivity index (χ4v) is 2.07. The summed E-state index contributed by atoms with van der Waals surface area (Å²) in [6.07, 6.45) is 5.95. The quantitative estimate of drug-likeness (QED) is 0.560. The number of hydrogen-bond donors (Lipinski definition) is 1. The van der Waals surface area contributed by atoms with Crippen LogP contribution in [0.1, 0.15) is 19.3 Å². The van der Waals surface area contributed by atoms with Gasteiger partial charge in [0.2, 0.25) is 0 Å². The van der Waals surface area contributed by atoms with Crippen molar-refractivity contribution < 1.29 is 9.90 Å². The molecule has 1 N–H and O–H groups in total. The maximum absolute atomic E-state index is 11.2. The van der Waals surface area contributed by atoms with Crippen molar-refractivity contribution in [3.63, 3.8) is 0 Å². The molecular weight excluding hydrogens is 140 g/mol. The van der Waals surface area contributed by atoms with E-state index in [9.17, 15) is 9.90 Å². The SMILES string of the molecule is O=C1C=CC2CCC(O)CC12. The van der Waals surface area contributed by atoms with E-state index in [-0.39, 0.29) is 17.8 Å². The van der Waals surface area contributed by atoms with Gasteiger partial charge >= 0.3 is 0 Å². The molecule has 2 nitrogen and oxygen atoms in total. The summed E-state index contributed by atoms with van der Waals surface area (Å²) in [7, 11) is 0. The number of aliphatic hydroxyl groups is 1. The Hall–Kier alpha value is -0.630. The first-order valence-electron chi connectivity index (χ1n) is 4.17. The largest absolute Gasteiger partial charge is 0.393 e. The zero-order valence-corrected chi connectivity index (χ0v) is 6.36. The first-order valence-corrected chi connectivity index (χ1v) is 4.17. The van der Waals surface area contributed by atoms with E-state index in [1.54, 1.807) is 6.08 Å². The van der Waals surface area contributed by atoms with Crippen molar-refractivity contribution in [2.45, 2.75) is 25.4 Å². The highest BCUT2D eigenvalue weighted by atomic mass is 16.3. The number of allylic oxidation sites excluding steroid dienone is 2. The molecule has 0 aromatic rings. The van der Waals surface area contributed by atoms with Crippen LogP contribution < -0.4 is 0 Å². The maximum atomic E-state index is 11.2. The van der Waals surface area contributed by atoms with E-state index >= 15 is 0 Å². The Bertz CT molecular complexity index is 208. The molecule has 1 fully saturated rings. The third-order valence-electron chi connectivity index (χ3n) is 2.75. The van der Waals surface area contributed by atoms with Gasteiger partial charge < -0.3 is 5.11 Å². The topological polar surface area (TPSA) is 37.3 Å². The average Bonchev–Trinajstić information content (AvgIpc) is 2.33. The summed E-state index contributed by atoms with van der Waals surface area (Å²) in [4.78, 5) is 11.2. The van der Waals surface area contributed by atoms with Crippen LogP contribution in [0.2, 0.25) is 0 Å². The maximum Gasteiger partial charge on any atom is 0.159 e. The Morgan fingerprint density at radius 3 is 3.09 bits per heavy atom. The molecule has 0 aromatic heterocycles. The molecule has 2 heteroatoms. The Kier molecular flexibility index (Phi) is 1.57. The normalized spacial score (nSPS) is 42.6. The molecule has 0 bridgehead atoms. The fraction of sp³-hybridized carbons (Fsp3) is 0.667. The van der Waals surface area contributed by atoms with Gasteiger partial charge in [-0.25, -0.2) is 0 Å². The number of carbonyl (C=O) groups is 1. The first-order chi connectivity index (χ1) is 5.27. The third-order valence-corrected chi connectivity index (χ3v) is 2.75. The minimum atomic E-state index is -0.236. The van der Waals surface area contributed by atoms with Gasteiger partial charge in [0, 0.05) is 5.92 Å². The number of rotatable bonds is 0. The van der Waals surface area contributed by atoms with Gasteiger partial charge in [0.1, 0.15) is 0 Å². The molecule has 2 aliphatic carbocycles. The average molecular weight is 152 g/mol. The lowest BCUT2D eigenvalue weighted by atomic mass is 9.80. The third kappa shape index (κ3) is 1.11. The Morgan fingerprint density at radius 1 is 1.45 bits per heavy atom. The highest BCUT2D eigenvalue weighted by Crippen LogP contribution is 2.35. The lowest BCUT2D eigenvalue weighted by molar-refractivity contribution is -0.120. The predicted octanol–water partition coefficient (Wildman–Crippen LogP) is 0.902. The molecule has 0 heterocycles. The monoisotopic (exact) mass is 152 g/mol. The number of aliphatic hydroxyl groups excluding tert-OH is 1. The molecule has 1 saturated carbocycles. The van der Waals surface area contributed by atoms with Crippen LogP contribution in [0.15, 0.2) is 12.2 Å². The predicted molar refractivity (Wildman–Crippen MR) is 41.0 cm³/mol. The lowest BCUT2D eigenvalue weighted by Crippen LogP contribution is -2.28. The standard InChI is InChI=1S/C9H12O2/c10-7-3-1-6-2-4-9(11)8(6)5-7/h2,4,6-8,10H,1,3,5H2. The van der Waals surface area contributed by atoms with Crippen molar-refractivity contribution in [1.82, 2.24) is 0 Å². The molecule has 11 heavy (non-hydrogen) atoms. The van der Waals surface area contributed by atoms with E-state index in [2.05, 4.69) is 0 Å². The van der Waals surface area contributed by atoms with Gasteiger partial charge in [0.15, 0.2) is 5.78 Å². The van der Waals surface area contributed by atoms with Crippen molar-refractivity contribution in [3.8, 4) is 0 Å². The van der Waals surface area contributed by atoms with Gasteiger partial charge in [0.25, 0.3) is 0 Å². The van der Waals surface area contributed by atoms with Crippen molar-refractivity contribution >= 4 is 5.78 Å². The number of fused-ring (bicyclic) bond motifs is 1. The van der Waals surface area contributed by atoms with E-state index < -0.39 is 0 Å². The van der Waals surface area contributed by atoms with Crippen LogP contribution in [-0.2, 0) is 4.79 Å². The molecule has 0 saturated heterocycles. The fourth-order valence-electron chi connectivity index (χ4n) is 2.07. The second-order valence-corrected chi connectivity index (χ2v) is 3.50. The molecule has 60 valence electrons. The molecule has 0 aromatic carbocycles. The van der Waals surface area contributed by atoms with Crippen molar-refractivity contribution in [1.29, 1.82) is 0 Å². The molecule has 3 unspecified atom stereocenters. The minimum absolute atomic E-state index is 0.110. The number of carbonyl (C=O) groups excluding carboxylic acids is 1. The van der Waals surface area contributed by atoms with Crippen LogP contribution in [-0.4, -0.2) is 17.0 Å².